The van der Waals surface area contributed by atoms with Crippen molar-refractivity contribution in [3.63, 3.8) is 0 Å². The second-order valence-corrected chi connectivity index (χ2v) is 5.38. The second-order valence-electron chi connectivity index (χ2n) is 5.38. The van der Waals surface area contributed by atoms with Crippen molar-refractivity contribution in [1.82, 2.24) is 5.32 Å². The predicted octanol–water partition coefficient (Wildman–Crippen LogP) is 3.14. The highest BCUT2D eigenvalue weighted by Crippen LogP contribution is 2.20. The number of rotatable bonds is 7. The molecule has 0 aromatic heterocycles. The summed E-state index contributed by atoms with van der Waals surface area (Å²) in [7, 11) is 0. The molecule has 0 spiro atoms. The zero-order chi connectivity index (χ0) is 16.0. The van der Waals surface area contributed by atoms with Crippen LogP contribution >= 0.6 is 0 Å². The summed E-state index contributed by atoms with van der Waals surface area (Å²) in [4.78, 5) is 23.2. The Morgan fingerprint density at radius 3 is 2.29 bits per heavy atom. The van der Waals surface area contributed by atoms with Crippen molar-refractivity contribution in [2.24, 2.45) is 11.8 Å². The van der Waals surface area contributed by atoms with Gasteiger partial charge in [-0.3, -0.25) is 9.59 Å². The van der Waals surface area contributed by atoms with Crippen molar-refractivity contribution >= 4 is 11.9 Å². The number of halogens is 1. The molecular formula is C16H22FNO3. The molecule has 0 radical (unpaired) electrons. The quantitative estimate of drug-likeness (QED) is 0.812. The van der Waals surface area contributed by atoms with E-state index in [2.05, 4.69) is 5.32 Å². The Labute approximate surface area is 124 Å². The molecule has 0 heterocycles. The first kappa shape index (κ1) is 17.1. The first-order valence-corrected chi connectivity index (χ1v) is 7.12. The van der Waals surface area contributed by atoms with E-state index in [-0.39, 0.29) is 24.2 Å². The Kier molecular flexibility index (Phi) is 6.34. The molecule has 116 valence electrons. The largest absolute Gasteiger partial charge is 0.481 e. The van der Waals surface area contributed by atoms with Gasteiger partial charge in [-0.1, -0.05) is 39.3 Å². The van der Waals surface area contributed by atoms with Crippen LogP contribution in [0.1, 0.15) is 45.2 Å². The van der Waals surface area contributed by atoms with Crippen LogP contribution in [0.4, 0.5) is 4.39 Å². The Balaban J connectivity index is 2.86. The van der Waals surface area contributed by atoms with Crippen LogP contribution in [0.2, 0.25) is 0 Å². The van der Waals surface area contributed by atoms with E-state index in [0.29, 0.717) is 5.56 Å². The smallest absolute Gasteiger partial charge is 0.305 e. The van der Waals surface area contributed by atoms with Crippen molar-refractivity contribution < 1.29 is 19.1 Å². The summed E-state index contributed by atoms with van der Waals surface area (Å²) >= 11 is 0. The van der Waals surface area contributed by atoms with E-state index in [9.17, 15) is 14.0 Å². The van der Waals surface area contributed by atoms with Gasteiger partial charge in [0.25, 0.3) is 0 Å². The number of amides is 1. The van der Waals surface area contributed by atoms with Gasteiger partial charge >= 0.3 is 5.97 Å². The predicted molar refractivity (Wildman–Crippen MR) is 78.2 cm³/mol. The molecule has 1 aromatic rings. The fourth-order valence-corrected chi connectivity index (χ4v) is 2.04. The number of carbonyl (C=O) groups is 2. The number of hydrogen-bond donors (Lipinski definition) is 2. The lowest BCUT2D eigenvalue weighted by atomic mass is 9.92. The minimum absolute atomic E-state index is 0.181. The topological polar surface area (TPSA) is 66.4 Å². The summed E-state index contributed by atoms with van der Waals surface area (Å²) in [5, 5.41) is 11.7. The molecule has 0 aliphatic heterocycles. The standard InChI is InChI=1S/C16H22FNO3/c1-4-10(2)11(3)16(21)18-14(9-15(19)20)12-5-7-13(17)8-6-12/h5-8,10-11,14H,4,9H2,1-3H3,(H,18,21)(H,19,20). The van der Waals surface area contributed by atoms with E-state index < -0.39 is 17.8 Å². The van der Waals surface area contributed by atoms with Crippen LogP contribution in [0.5, 0.6) is 0 Å². The van der Waals surface area contributed by atoms with Crippen LogP contribution in [0.3, 0.4) is 0 Å². The maximum Gasteiger partial charge on any atom is 0.305 e. The monoisotopic (exact) mass is 295 g/mol. The molecule has 0 aliphatic rings. The Hall–Kier alpha value is -1.91. The maximum atomic E-state index is 13.0. The third-order valence-corrected chi connectivity index (χ3v) is 3.88. The highest BCUT2D eigenvalue weighted by atomic mass is 19.1. The number of benzene rings is 1. The summed E-state index contributed by atoms with van der Waals surface area (Å²) in [5.74, 6) is -1.58. The van der Waals surface area contributed by atoms with Crippen LogP contribution < -0.4 is 5.32 Å². The van der Waals surface area contributed by atoms with Gasteiger partial charge < -0.3 is 10.4 Å². The fourth-order valence-electron chi connectivity index (χ4n) is 2.04. The summed E-state index contributed by atoms with van der Waals surface area (Å²) in [6.45, 7) is 5.81. The number of hydrogen-bond acceptors (Lipinski definition) is 2. The molecule has 2 N–H and O–H groups in total. The van der Waals surface area contributed by atoms with Gasteiger partial charge in [0, 0.05) is 5.92 Å². The first-order chi connectivity index (χ1) is 9.85. The van der Waals surface area contributed by atoms with Crippen molar-refractivity contribution in [3.8, 4) is 0 Å². The molecule has 21 heavy (non-hydrogen) atoms. The van der Waals surface area contributed by atoms with Gasteiger partial charge in [0.05, 0.1) is 12.5 Å². The minimum Gasteiger partial charge on any atom is -0.481 e. The van der Waals surface area contributed by atoms with E-state index in [1.807, 2.05) is 20.8 Å². The van der Waals surface area contributed by atoms with Crippen LogP contribution in [0, 0.1) is 17.7 Å². The molecule has 0 saturated heterocycles. The molecule has 0 saturated carbocycles. The molecule has 1 rings (SSSR count). The number of nitrogens with one attached hydrogen (secondary N) is 1. The molecular weight excluding hydrogens is 273 g/mol. The van der Waals surface area contributed by atoms with E-state index >= 15 is 0 Å². The zero-order valence-corrected chi connectivity index (χ0v) is 12.6. The highest BCUT2D eigenvalue weighted by molar-refractivity contribution is 5.80. The molecule has 3 unspecified atom stereocenters. The molecule has 5 heteroatoms. The Bertz CT molecular complexity index is 487. The summed E-state index contributed by atoms with van der Waals surface area (Å²) in [6, 6.07) is 4.86. The first-order valence-electron chi connectivity index (χ1n) is 7.12. The van der Waals surface area contributed by atoms with Gasteiger partial charge in [-0.25, -0.2) is 4.39 Å². The zero-order valence-electron chi connectivity index (χ0n) is 12.6. The van der Waals surface area contributed by atoms with Crippen molar-refractivity contribution in [2.45, 2.75) is 39.7 Å². The van der Waals surface area contributed by atoms with Gasteiger partial charge in [0.15, 0.2) is 0 Å². The molecule has 0 aliphatic carbocycles. The van der Waals surface area contributed by atoms with Crippen LogP contribution in [-0.4, -0.2) is 17.0 Å². The fraction of sp³-hybridized carbons (Fsp3) is 0.500. The van der Waals surface area contributed by atoms with Crippen molar-refractivity contribution in [3.05, 3.63) is 35.6 Å². The molecule has 0 fully saturated rings. The van der Waals surface area contributed by atoms with Crippen LogP contribution in [0.25, 0.3) is 0 Å². The third kappa shape index (κ3) is 5.17. The van der Waals surface area contributed by atoms with Gasteiger partial charge in [0.1, 0.15) is 5.82 Å². The molecule has 3 atom stereocenters. The van der Waals surface area contributed by atoms with E-state index in [1.54, 1.807) is 0 Å². The SMILES string of the molecule is CCC(C)C(C)C(=O)NC(CC(=O)O)c1ccc(F)cc1. The summed E-state index contributed by atoms with van der Waals surface area (Å²) in [5.41, 5.74) is 0.587. The lowest BCUT2D eigenvalue weighted by Gasteiger charge is -2.23. The molecule has 4 nitrogen and oxygen atoms in total. The average molecular weight is 295 g/mol. The highest BCUT2D eigenvalue weighted by Gasteiger charge is 2.24. The average Bonchev–Trinajstić information content (AvgIpc) is 2.45. The van der Waals surface area contributed by atoms with E-state index in [4.69, 9.17) is 5.11 Å². The molecule has 1 aromatic carbocycles. The van der Waals surface area contributed by atoms with Gasteiger partial charge in [0.2, 0.25) is 5.91 Å². The third-order valence-electron chi connectivity index (χ3n) is 3.88. The summed E-state index contributed by atoms with van der Waals surface area (Å²) in [6.07, 6.45) is 0.638. The van der Waals surface area contributed by atoms with E-state index in [1.165, 1.54) is 24.3 Å². The van der Waals surface area contributed by atoms with E-state index in [0.717, 1.165) is 6.42 Å². The van der Waals surface area contributed by atoms with Crippen molar-refractivity contribution in [1.29, 1.82) is 0 Å². The number of carboxylic acids is 1. The number of aliphatic carboxylic acids is 1. The normalized spacial score (nSPS) is 15.0. The van der Waals surface area contributed by atoms with Crippen LogP contribution in [-0.2, 0) is 9.59 Å². The number of carbonyl (C=O) groups excluding carboxylic acids is 1. The van der Waals surface area contributed by atoms with Gasteiger partial charge in [-0.2, -0.15) is 0 Å². The van der Waals surface area contributed by atoms with Gasteiger partial charge in [-0.15, -0.1) is 0 Å². The van der Waals surface area contributed by atoms with Crippen LogP contribution in [0.15, 0.2) is 24.3 Å². The molecule has 0 bridgehead atoms. The van der Waals surface area contributed by atoms with Gasteiger partial charge in [-0.05, 0) is 23.6 Å². The number of carboxylic acid groups (broad SMARTS) is 1. The summed E-state index contributed by atoms with van der Waals surface area (Å²) < 4.78 is 13.0. The van der Waals surface area contributed by atoms with Crippen molar-refractivity contribution in [2.75, 3.05) is 0 Å². The Morgan fingerprint density at radius 1 is 1.24 bits per heavy atom. The Morgan fingerprint density at radius 2 is 1.81 bits per heavy atom. The lowest BCUT2D eigenvalue weighted by molar-refractivity contribution is -0.138. The maximum absolute atomic E-state index is 13.0. The molecule has 1 amide bonds. The second kappa shape index (κ2) is 7.76. The minimum atomic E-state index is -1.01. The lowest BCUT2D eigenvalue weighted by Crippen LogP contribution is -2.36.